The first-order valence-corrected chi connectivity index (χ1v) is 7.42. The lowest BCUT2D eigenvalue weighted by molar-refractivity contribution is -0.0578. The van der Waals surface area contributed by atoms with Crippen molar-refractivity contribution in [2.24, 2.45) is 5.92 Å². The van der Waals surface area contributed by atoms with Gasteiger partial charge in [-0.15, -0.1) is 0 Å². The smallest absolute Gasteiger partial charge is 0.248 e. The molecule has 0 spiro atoms. The molecule has 1 heterocycles. The predicted octanol–water partition coefficient (Wildman–Crippen LogP) is 2.89. The van der Waals surface area contributed by atoms with E-state index in [4.69, 9.17) is 0 Å². The summed E-state index contributed by atoms with van der Waals surface area (Å²) in [6.07, 6.45) is 4.31. The van der Waals surface area contributed by atoms with Gasteiger partial charge in [0.25, 0.3) is 0 Å². The van der Waals surface area contributed by atoms with E-state index in [9.17, 15) is 8.78 Å². The second kappa shape index (κ2) is 6.29. The predicted molar refractivity (Wildman–Crippen MR) is 70.0 cm³/mol. The fourth-order valence-corrected chi connectivity index (χ4v) is 3.47. The van der Waals surface area contributed by atoms with Crippen LogP contribution in [0.2, 0.25) is 0 Å². The maximum atomic E-state index is 13.4. The van der Waals surface area contributed by atoms with Crippen LogP contribution in [0.25, 0.3) is 0 Å². The van der Waals surface area contributed by atoms with Gasteiger partial charge < -0.3 is 10.2 Å². The van der Waals surface area contributed by atoms with E-state index >= 15 is 0 Å². The topological polar surface area (TPSA) is 15.3 Å². The number of nitrogens with zero attached hydrogens (tertiary/aromatic N) is 1. The minimum atomic E-state index is -2.40. The van der Waals surface area contributed by atoms with Crippen LogP contribution in [0.1, 0.15) is 45.4 Å². The molecule has 2 fully saturated rings. The molecule has 0 amide bonds. The van der Waals surface area contributed by atoms with Crippen molar-refractivity contribution in [3.8, 4) is 0 Å². The Hall–Kier alpha value is -0.220. The Kier molecular flexibility index (Phi) is 4.96. The Labute approximate surface area is 109 Å². The highest BCUT2D eigenvalue weighted by Crippen LogP contribution is 2.37. The van der Waals surface area contributed by atoms with Gasteiger partial charge in [-0.1, -0.05) is 6.92 Å². The molecular formula is C14H26F2N2. The molecule has 2 unspecified atom stereocenters. The van der Waals surface area contributed by atoms with Crippen LogP contribution in [-0.4, -0.2) is 43.0 Å². The van der Waals surface area contributed by atoms with E-state index in [0.717, 1.165) is 32.6 Å². The molecule has 1 aliphatic carbocycles. The van der Waals surface area contributed by atoms with E-state index in [1.165, 1.54) is 12.8 Å². The van der Waals surface area contributed by atoms with Crippen molar-refractivity contribution in [2.45, 2.75) is 57.4 Å². The van der Waals surface area contributed by atoms with Gasteiger partial charge in [0.1, 0.15) is 0 Å². The maximum Gasteiger partial charge on any atom is 0.248 e. The van der Waals surface area contributed by atoms with Gasteiger partial charge in [-0.05, 0) is 44.7 Å². The van der Waals surface area contributed by atoms with Gasteiger partial charge in [-0.3, -0.25) is 0 Å². The minimum Gasteiger partial charge on any atom is -0.313 e. The van der Waals surface area contributed by atoms with E-state index in [-0.39, 0.29) is 18.8 Å². The normalized spacial score (nSPS) is 33.5. The van der Waals surface area contributed by atoms with Crippen LogP contribution in [0, 0.1) is 5.92 Å². The van der Waals surface area contributed by atoms with Gasteiger partial charge in [-0.25, -0.2) is 8.78 Å². The average molecular weight is 260 g/mol. The summed E-state index contributed by atoms with van der Waals surface area (Å²) >= 11 is 0. The van der Waals surface area contributed by atoms with Crippen LogP contribution in [0.4, 0.5) is 8.78 Å². The van der Waals surface area contributed by atoms with Crippen molar-refractivity contribution in [2.75, 3.05) is 26.2 Å². The van der Waals surface area contributed by atoms with Crippen LogP contribution in [0.15, 0.2) is 0 Å². The highest BCUT2D eigenvalue weighted by Gasteiger charge is 2.37. The third-order valence-corrected chi connectivity index (χ3v) is 4.26. The third kappa shape index (κ3) is 4.16. The SMILES string of the molecule is CCNC1CCCN(CC2CCCC(F)(F)C2)C1. The van der Waals surface area contributed by atoms with Crippen LogP contribution in [0.3, 0.4) is 0 Å². The highest BCUT2D eigenvalue weighted by molar-refractivity contribution is 4.83. The van der Waals surface area contributed by atoms with Crippen molar-refractivity contribution in [3.63, 3.8) is 0 Å². The largest absolute Gasteiger partial charge is 0.313 e. The lowest BCUT2D eigenvalue weighted by atomic mass is 9.86. The second-order valence-electron chi connectivity index (χ2n) is 5.97. The summed E-state index contributed by atoms with van der Waals surface area (Å²) in [5.41, 5.74) is 0. The number of nitrogens with one attached hydrogen (secondary N) is 1. The maximum absolute atomic E-state index is 13.4. The number of rotatable bonds is 4. The molecule has 1 N–H and O–H groups in total. The van der Waals surface area contributed by atoms with Crippen LogP contribution < -0.4 is 5.32 Å². The fraction of sp³-hybridized carbons (Fsp3) is 1.00. The first-order valence-electron chi connectivity index (χ1n) is 7.42. The number of hydrogen-bond donors (Lipinski definition) is 1. The molecule has 2 atom stereocenters. The molecular weight excluding hydrogens is 234 g/mol. The molecule has 1 aliphatic heterocycles. The van der Waals surface area contributed by atoms with E-state index < -0.39 is 5.92 Å². The summed E-state index contributed by atoms with van der Waals surface area (Å²) < 4.78 is 26.8. The molecule has 0 bridgehead atoms. The van der Waals surface area contributed by atoms with Crippen LogP contribution in [0.5, 0.6) is 0 Å². The monoisotopic (exact) mass is 260 g/mol. The second-order valence-corrected chi connectivity index (χ2v) is 5.97. The highest BCUT2D eigenvalue weighted by atomic mass is 19.3. The van der Waals surface area contributed by atoms with Crippen molar-refractivity contribution < 1.29 is 8.78 Å². The number of likely N-dealkylation sites (N-methyl/N-ethyl adjacent to an activating group) is 1. The number of halogens is 2. The molecule has 0 aromatic heterocycles. The van der Waals surface area contributed by atoms with Gasteiger partial charge in [0.05, 0.1) is 0 Å². The van der Waals surface area contributed by atoms with Crippen molar-refractivity contribution in [1.82, 2.24) is 10.2 Å². The summed E-state index contributed by atoms with van der Waals surface area (Å²) in [6.45, 7) is 6.12. The van der Waals surface area contributed by atoms with Crippen LogP contribution in [-0.2, 0) is 0 Å². The fourth-order valence-electron chi connectivity index (χ4n) is 3.47. The number of hydrogen-bond acceptors (Lipinski definition) is 2. The molecule has 1 saturated carbocycles. The summed E-state index contributed by atoms with van der Waals surface area (Å²) in [5, 5.41) is 3.48. The Morgan fingerprint density at radius 3 is 2.83 bits per heavy atom. The van der Waals surface area contributed by atoms with E-state index in [1.807, 2.05) is 0 Å². The quantitative estimate of drug-likeness (QED) is 0.836. The first-order chi connectivity index (χ1) is 8.59. The molecule has 1 saturated heterocycles. The van der Waals surface area contributed by atoms with Crippen molar-refractivity contribution in [3.05, 3.63) is 0 Å². The van der Waals surface area contributed by atoms with E-state index in [2.05, 4.69) is 17.1 Å². The summed E-state index contributed by atoms with van der Waals surface area (Å²) in [4.78, 5) is 2.39. The van der Waals surface area contributed by atoms with E-state index in [1.54, 1.807) is 0 Å². The first kappa shape index (κ1) is 14.2. The number of piperidine rings is 1. The van der Waals surface area contributed by atoms with Gasteiger partial charge in [0.2, 0.25) is 5.92 Å². The molecule has 0 aromatic rings. The zero-order chi connectivity index (χ0) is 13.0. The molecule has 0 aromatic carbocycles. The lowest BCUT2D eigenvalue weighted by Crippen LogP contribution is -2.47. The zero-order valence-electron chi connectivity index (χ0n) is 11.4. The standard InChI is InChI=1S/C14H26F2N2/c1-2-17-13-6-4-8-18(11-13)10-12-5-3-7-14(15,16)9-12/h12-13,17H,2-11H2,1H3. The average Bonchev–Trinajstić information content (AvgIpc) is 2.28. The molecule has 0 radical (unpaired) electrons. The zero-order valence-corrected chi connectivity index (χ0v) is 11.4. The Morgan fingerprint density at radius 1 is 1.28 bits per heavy atom. The molecule has 2 aliphatic rings. The van der Waals surface area contributed by atoms with Crippen LogP contribution >= 0.6 is 0 Å². The van der Waals surface area contributed by atoms with E-state index in [0.29, 0.717) is 12.5 Å². The number of alkyl halides is 2. The summed E-state index contributed by atoms with van der Waals surface area (Å²) in [5.74, 6) is -2.20. The molecule has 2 nitrogen and oxygen atoms in total. The molecule has 18 heavy (non-hydrogen) atoms. The molecule has 4 heteroatoms. The van der Waals surface area contributed by atoms with Crippen molar-refractivity contribution >= 4 is 0 Å². The minimum absolute atomic E-state index is 0.101. The molecule has 106 valence electrons. The van der Waals surface area contributed by atoms with Gasteiger partial charge in [0.15, 0.2) is 0 Å². The summed E-state index contributed by atoms with van der Waals surface area (Å²) in [6, 6.07) is 0.563. The Balaban J connectivity index is 1.78. The summed E-state index contributed by atoms with van der Waals surface area (Å²) in [7, 11) is 0. The Morgan fingerprint density at radius 2 is 2.11 bits per heavy atom. The number of likely N-dealkylation sites (tertiary alicyclic amines) is 1. The van der Waals surface area contributed by atoms with Gasteiger partial charge in [0, 0.05) is 32.0 Å². The van der Waals surface area contributed by atoms with Gasteiger partial charge >= 0.3 is 0 Å². The van der Waals surface area contributed by atoms with Gasteiger partial charge in [-0.2, -0.15) is 0 Å². The van der Waals surface area contributed by atoms with Crippen molar-refractivity contribution in [1.29, 1.82) is 0 Å². The Bertz CT molecular complexity index is 256. The molecule has 2 rings (SSSR count). The third-order valence-electron chi connectivity index (χ3n) is 4.26. The lowest BCUT2D eigenvalue weighted by Gasteiger charge is -2.37.